The highest BCUT2D eigenvalue weighted by Crippen LogP contribution is 2.34. The highest BCUT2D eigenvalue weighted by Gasteiger charge is 2.36. The second-order valence-corrected chi connectivity index (χ2v) is 5.77. The number of carbonyl (C=O) groups excluding carboxylic acids is 2. The Bertz CT molecular complexity index is 490. The number of hydrogen-bond donors (Lipinski definition) is 0. The number of carbonyl (C=O) groups is 2. The van der Waals surface area contributed by atoms with Gasteiger partial charge in [0, 0.05) is 6.54 Å². The first kappa shape index (κ1) is 13.4. The Morgan fingerprint density at radius 2 is 2.11 bits per heavy atom. The Hall–Kier alpha value is -1.00. The highest BCUT2D eigenvalue weighted by atomic mass is 35.5. The third-order valence-electron chi connectivity index (χ3n) is 2.82. The van der Waals surface area contributed by atoms with Crippen molar-refractivity contribution in [2.45, 2.75) is 13.3 Å². The third kappa shape index (κ3) is 2.40. The second-order valence-electron chi connectivity index (χ2n) is 3.97. The second kappa shape index (κ2) is 5.76. The minimum absolute atomic E-state index is 0.354. The summed E-state index contributed by atoms with van der Waals surface area (Å²) in [6.07, 6.45) is 0.878. The van der Waals surface area contributed by atoms with E-state index in [-0.39, 0.29) is 0 Å². The van der Waals surface area contributed by atoms with Crippen LogP contribution in [0.15, 0.2) is 18.2 Å². The molecular formula is C13H14ClNO2S. The number of benzene rings is 1. The van der Waals surface area contributed by atoms with E-state index in [0.29, 0.717) is 22.8 Å². The third-order valence-corrected chi connectivity index (χ3v) is 4.12. The summed E-state index contributed by atoms with van der Waals surface area (Å²) in [4.78, 5) is 25.3. The Kier molecular flexibility index (Phi) is 4.30. The SMILES string of the molecule is CCSCCCN1C(=O)C(=O)c2c(Cl)cccc21. The molecule has 0 spiro atoms. The molecule has 0 saturated heterocycles. The van der Waals surface area contributed by atoms with E-state index in [0.717, 1.165) is 17.9 Å². The lowest BCUT2D eigenvalue weighted by atomic mass is 10.1. The van der Waals surface area contributed by atoms with Crippen molar-refractivity contribution in [1.82, 2.24) is 0 Å². The number of nitrogens with zero attached hydrogens (tertiary/aromatic N) is 1. The van der Waals surface area contributed by atoms with Gasteiger partial charge in [-0.2, -0.15) is 11.8 Å². The van der Waals surface area contributed by atoms with E-state index in [9.17, 15) is 9.59 Å². The van der Waals surface area contributed by atoms with Crippen LogP contribution in [0.4, 0.5) is 5.69 Å². The molecule has 0 atom stereocenters. The van der Waals surface area contributed by atoms with Gasteiger partial charge in [0.1, 0.15) is 0 Å². The average molecular weight is 284 g/mol. The van der Waals surface area contributed by atoms with Gasteiger partial charge in [0.05, 0.1) is 16.3 Å². The minimum atomic E-state index is -0.487. The number of ketones is 1. The van der Waals surface area contributed by atoms with Crippen molar-refractivity contribution in [2.75, 3.05) is 23.0 Å². The van der Waals surface area contributed by atoms with Gasteiger partial charge in [0.15, 0.2) is 0 Å². The topological polar surface area (TPSA) is 37.4 Å². The van der Waals surface area contributed by atoms with E-state index in [2.05, 4.69) is 6.92 Å². The van der Waals surface area contributed by atoms with Crippen LogP contribution in [0.1, 0.15) is 23.7 Å². The maximum absolute atomic E-state index is 11.9. The Morgan fingerprint density at radius 1 is 1.33 bits per heavy atom. The Morgan fingerprint density at radius 3 is 2.83 bits per heavy atom. The van der Waals surface area contributed by atoms with Crippen LogP contribution < -0.4 is 4.90 Å². The highest BCUT2D eigenvalue weighted by molar-refractivity contribution is 7.99. The molecule has 1 aliphatic heterocycles. The quantitative estimate of drug-likeness (QED) is 0.616. The lowest BCUT2D eigenvalue weighted by Crippen LogP contribution is -2.30. The number of amides is 1. The van der Waals surface area contributed by atoms with Crippen molar-refractivity contribution < 1.29 is 9.59 Å². The number of halogens is 1. The molecule has 3 nitrogen and oxygen atoms in total. The van der Waals surface area contributed by atoms with Crippen LogP contribution in [0.3, 0.4) is 0 Å². The summed E-state index contributed by atoms with van der Waals surface area (Å²) >= 11 is 7.80. The standard InChI is InChI=1S/C13H14ClNO2S/c1-2-18-8-4-7-15-10-6-3-5-9(14)11(10)12(16)13(15)17/h3,5-6H,2,4,7-8H2,1H3. The van der Waals surface area contributed by atoms with Crippen LogP contribution in [0.2, 0.25) is 5.02 Å². The van der Waals surface area contributed by atoms with Crippen molar-refractivity contribution in [2.24, 2.45) is 0 Å². The molecule has 18 heavy (non-hydrogen) atoms. The van der Waals surface area contributed by atoms with Gasteiger partial charge in [-0.25, -0.2) is 0 Å². The van der Waals surface area contributed by atoms with Crippen molar-refractivity contribution in [3.05, 3.63) is 28.8 Å². The first-order chi connectivity index (χ1) is 8.66. The summed E-state index contributed by atoms with van der Waals surface area (Å²) in [6, 6.07) is 5.18. The van der Waals surface area contributed by atoms with Crippen LogP contribution in [0, 0.1) is 0 Å². The first-order valence-corrected chi connectivity index (χ1v) is 7.42. The molecule has 1 amide bonds. The number of anilines is 1. The van der Waals surface area contributed by atoms with Gasteiger partial charge in [0.25, 0.3) is 11.7 Å². The number of hydrogen-bond acceptors (Lipinski definition) is 3. The van der Waals surface area contributed by atoms with Gasteiger partial charge in [-0.1, -0.05) is 24.6 Å². The summed E-state index contributed by atoms with van der Waals surface area (Å²) in [5, 5.41) is 0.358. The van der Waals surface area contributed by atoms with Crippen molar-refractivity contribution in [1.29, 1.82) is 0 Å². The zero-order valence-electron chi connectivity index (χ0n) is 10.1. The van der Waals surface area contributed by atoms with Crippen LogP contribution in [0.5, 0.6) is 0 Å². The molecule has 1 aromatic rings. The lowest BCUT2D eigenvalue weighted by Gasteiger charge is -2.16. The van der Waals surface area contributed by atoms with E-state index >= 15 is 0 Å². The summed E-state index contributed by atoms with van der Waals surface area (Å²) < 4.78 is 0. The predicted molar refractivity (Wildman–Crippen MR) is 75.8 cm³/mol. The van der Waals surface area contributed by atoms with Crippen LogP contribution in [-0.2, 0) is 4.79 Å². The zero-order valence-corrected chi connectivity index (χ0v) is 11.7. The van der Waals surface area contributed by atoms with Crippen LogP contribution >= 0.6 is 23.4 Å². The molecule has 0 bridgehead atoms. The molecule has 1 aromatic carbocycles. The fourth-order valence-electron chi connectivity index (χ4n) is 1.99. The van der Waals surface area contributed by atoms with Gasteiger partial charge in [-0.15, -0.1) is 0 Å². The molecule has 0 aliphatic carbocycles. The van der Waals surface area contributed by atoms with E-state index in [4.69, 9.17) is 11.6 Å². The van der Waals surface area contributed by atoms with Crippen molar-refractivity contribution in [3.63, 3.8) is 0 Å². The normalized spacial score (nSPS) is 14.2. The molecule has 5 heteroatoms. The maximum atomic E-state index is 11.9. The van der Waals surface area contributed by atoms with Gasteiger partial charge >= 0.3 is 0 Å². The summed E-state index contributed by atoms with van der Waals surface area (Å²) in [5.74, 6) is 1.11. The summed E-state index contributed by atoms with van der Waals surface area (Å²) in [6.45, 7) is 2.68. The molecule has 0 radical (unpaired) electrons. The summed E-state index contributed by atoms with van der Waals surface area (Å²) in [5.41, 5.74) is 1.01. The zero-order chi connectivity index (χ0) is 13.1. The fraction of sp³-hybridized carbons (Fsp3) is 0.385. The summed E-state index contributed by atoms with van der Waals surface area (Å²) in [7, 11) is 0. The lowest BCUT2D eigenvalue weighted by molar-refractivity contribution is -0.114. The average Bonchev–Trinajstić information content (AvgIpc) is 2.60. The molecular weight excluding hydrogens is 270 g/mol. The predicted octanol–water partition coefficient (Wildman–Crippen LogP) is 3.01. The number of rotatable bonds is 5. The first-order valence-electron chi connectivity index (χ1n) is 5.89. The largest absolute Gasteiger partial charge is 0.305 e. The van der Waals surface area contributed by atoms with Crippen LogP contribution in [-0.4, -0.2) is 29.7 Å². The monoisotopic (exact) mass is 283 g/mol. The van der Waals surface area contributed by atoms with Gasteiger partial charge in [-0.05, 0) is 30.1 Å². The van der Waals surface area contributed by atoms with Crippen LogP contribution in [0.25, 0.3) is 0 Å². The van der Waals surface area contributed by atoms with E-state index in [1.54, 1.807) is 23.1 Å². The van der Waals surface area contributed by atoms with Crippen molar-refractivity contribution in [3.8, 4) is 0 Å². The molecule has 1 aliphatic rings. The number of Topliss-reactive ketones (excluding diaryl/α,β-unsaturated/α-hetero) is 1. The minimum Gasteiger partial charge on any atom is -0.305 e. The van der Waals surface area contributed by atoms with Gasteiger partial charge < -0.3 is 4.90 Å². The molecule has 0 saturated carbocycles. The molecule has 96 valence electrons. The molecule has 0 N–H and O–H groups in total. The van der Waals surface area contributed by atoms with Gasteiger partial charge in [-0.3, -0.25) is 9.59 Å². The van der Waals surface area contributed by atoms with E-state index in [1.165, 1.54) is 0 Å². The van der Waals surface area contributed by atoms with Gasteiger partial charge in [0.2, 0.25) is 0 Å². The Labute approximate surface area is 115 Å². The molecule has 1 heterocycles. The number of fused-ring (bicyclic) bond motifs is 1. The number of thioether (sulfide) groups is 1. The van der Waals surface area contributed by atoms with E-state index in [1.807, 2.05) is 11.8 Å². The molecule has 0 aromatic heterocycles. The molecule has 0 fully saturated rings. The smallest absolute Gasteiger partial charge is 0.299 e. The molecule has 2 rings (SSSR count). The van der Waals surface area contributed by atoms with Crippen molar-refractivity contribution >= 4 is 40.7 Å². The maximum Gasteiger partial charge on any atom is 0.299 e. The van der Waals surface area contributed by atoms with E-state index < -0.39 is 11.7 Å². The Balaban J connectivity index is 2.16. The fourth-order valence-corrected chi connectivity index (χ4v) is 2.87. The molecule has 0 unspecified atom stereocenters.